The third kappa shape index (κ3) is 6.05. The number of esters is 1. The van der Waals surface area contributed by atoms with Gasteiger partial charge in [0, 0.05) is 29.5 Å². The van der Waals surface area contributed by atoms with Crippen LogP contribution in [-0.4, -0.2) is 23.1 Å². The van der Waals surface area contributed by atoms with Gasteiger partial charge < -0.3 is 10.1 Å². The van der Waals surface area contributed by atoms with Crippen LogP contribution in [0.15, 0.2) is 84.9 Å². The molecule has 7 heteroatoms. The number of nitrogens with one attached hydrogen (secondary N) is 1. The van der Waals surface area contributed by atoms with Gasteiger partial charge in [0.05, 0.1) is 10.2 Å². The van der Waals surface area contributed by atoms with Crippen LogP contribution in [0.1, 0.15) is 20.8 Å². The minimum absolute atomic E-state index is 0.124. The molecule has 0 saturated carbocycles. The van der Waals surface area contributed by atoms with Crippen molar-refractivity contribution in [2.45, 2.75) is 26.4 Å². The number of hydrogen-bond acceptors (Lipinski definition) is 5. The molecule has 0 aliphatic rings. The molecule has 1 N–H and O–H groups in total. The Labute approximate surface area is 254 Å². The number of anilines is 1. The summed E-state index contributed by atoms with van der Waals surface area (Å²) in [5, 5.41) is 4.19. The maximum atomic E-state index is 12.1. The summed E-state index contributed by atoms with van der Waals surface area (Å²) >= 11 is 6.58. The summed E-state index contributed by atoms with van der Waals surface area (Å²) in [6.45, 7) is 5.73. The standard InChI is InChI=1S/C31H26I2N2O2S/c1-31(2,3)37-26(36)18-34-21-14-12-19(13-15-21)22-10-7-11-23(32)27(22)28-24(33)16-17-25-29(28)35-30(38-25)20-8-5-4-6-9-20/h4-17,34H,18H2,1-3H3. The number of rotatable bonds is 6. The summed E-state index contributed by atoms with van der Waals surface area (Å²) in [5.74, 6) is -0.276. The van der Waals surface area contributed by atoms with Gasteiger partial charge in [0.15, 0.2) is 0 Å². The molecular weight excluding hydrogens is 718 g/mol. The molecule has 1 aromatic heterocycles. The number of aromatic nitrogens is 1. The van der Waals surface area contributed by atoms with E-state index in [2.05, 4.69) is 117 Å². The molecule has 5 rings (SSSR count). The molecule has 0 amide bonds. The summed E-state index contributed by atoms with van der Waals surface area (Å²) in [4.78, 5) is 17.2. The van der Waals surface area contributed by atoms with Gasteiger partial charge in [0.1, 0.15) is 17.2 Å². The Bertz CT molecular complexity index is 1610. The third-order valence-electron chi connectivity index (χ3n) is 5.85. The van der Waals surface area contributed by atoms with Crippen LogP contribution in [0.25, 0.3) is 43.0 Å². The highest BCUT2D eigenvalue weighted by atomic mass is 127. The predicted molar refractivity (Wildman–Crippen MR) is 176 cm³/mol. The summed E-state index contributed by atoms with van der Waals surface area (Å²) in [5.41, 5.74) is 7.13. The van der Waals surface area contributed by atoms with Gasteiger partial charge in [-0.25, -0.2) is 4.98 Å². The lowest BCUT2D eigenvalue weighted by atomic mass is 9.94. The first-order valence-corrected chi connectivity index (χ1v) is 15.2. The monoisotopic (exact) mass is 744 g/mol. The number of carbonyl (C=O) groups excluding carboxylic acids is 1. The van der Waals surface area contributed by atoms with Crippen LogP contribution >= 0.6 is 56.5 Å². The van der Waals surface area contributed by atoms with E-state index < -0.39 is 5.60 Å². The molecule has 0 bridgehead atoms. The van der Waals surface area contributed by atoms with E-state index in [1.165, 1.54) is 17.4 Å². The van der Waals surface area contributed by atoms with Crippen LogP contribution in [0.2, 0.25) is 0 Å². The average Bonchev–Trinajstić information content (AvgIpc) is 3.32. The number of ether oxygens (including phenoxy) is 1. The molecule has 5 aromatic rings. The van der Waals surface area contributed by atoms with Crippen molar-refractivity contribution in [3.8, 4) is 32.8 Å². The Morgan fingerprint density at radius 3 is 2.26 bits per heavy atom. The van der Waals surface area contributed by atoms with Gasteiger partial charge >= 0.3 is 5.97 Å². The fourth-order valence-corrected chi connectivity index (χ4v) is 6.70. The van der Waals surface area contributed by atoms with Crippen molar-refractivity contribution in [3.05, 3.63) is 92.1 Å². The molecule has 192 valence electrons. The van der Waals surface area contributed by atoms with Crippen LogP contribution in [0.4, 0.5) is 5.69 Å². The second-order valence-electron chi connectivity index (χ2n) is 9.83. The fraction of sp³-hybridized carbons (Fsp3) is 0.161. The van der Waals surface area contributed by atoms with Crippen LogP contribution in [0.5, 0.6) is 0 Å². The van der Waals surface area contributed by atoms with Gasteiger partial charge in [0.2, 0.25) is 0 Å². The van der Waals surface area contributed by atoms with Crippen molar-refractivity contribution in [2.75, 3.05) is 11.9 Å². The summed E-state index contributed by atoms with van der Waals surface area (Å²) in [6.07, 6.45) is 0. The molecule has 0 atom stereocenters. The molecule has 0 spiro atoms. The zero-order valence-corrected chi connectivity index (χ0v) is 26.3. The Balaban J connectivity index is 1.51. The van der Waals surface area contributed by atoms with E-state index >= 15 is 0 Å². The van der Waals surface area contributed by atoms with E-state index in [0.717, 1.165) is 38.5 Å². The summed E-state index contributed by atoms with van der Waals surface area (Å²) in [7, 11) is 0. The molecule has 0 aliphatic carbocycles. The second kappa shape index (κ2) is 11.3. The smallest absolute Gasteiger partial charge is 0.325 e. The number of halogens is 2. The van der Waals surface area contributed by atoms with Gasteiger partial charge in [-0.1, -0.05) is 54.6 Å². The maximum absolute atomic E-state index is 12.1. The molecule has 0 unspecified atom stereocenters. The molecule has 0 radical (unpaired) electrons. The lowest BCUT2D eigenvalue weighted by Gasteiger charge is -2.19. The van der Waals surface area contributed by atoms with E-state index in [4.69, 9.17) is 9.72 Å². The van der Waals surface area contributed by atoms with E-state index in [9.17, 15) is 4.79 Å². The average molecular weight is 744 g/mol. The molecule has 0 saturated heterocycles. The van der Waals surface area contributed by atoms with Crippen molar-refractivity contribution in [2.24, 2.45) is 0 Å². The van der Waals surface area contributed by atoms with Crippen molar-refractivity contribution >= 4 is 78.4 Å². The number of benzene rings is 4. The number of carbonyl (C=O) groups is 1. The van der Waals surface area contributed by atoms with Crippen molar-refractivity contribution in [1.29, 1.82) is 0 Å². The Morgan fingerprint density at radius 2 is 1.55 bits per heavy atom. The van der Waals surface area contributed by atoms with Crippen LogP contribution in [0, 0.1) is 7.14 Å². The third-order valence-corrected chi connectivity index (χ3v) is 8.71. The highest BCUT2D eigenvalue weighted by Gasteiger charge is 2.20. The highest BCUT2D eigenvalue weighted by Crippen LogP contribution is 2.43. The van der Waals surface area contributed by atoms with E-state index in [0.29, 0.717) is 0 Å². The first kappa shape index (κ1) is 27.1. The largest absolute Gasteiger partial charge is 0.459 e. The first-order valence-electron chi connectivity index (χ1n) is 12.2. The number of hydrogen-bond donors (Lipinski definition) is 1. The minimum atomic E-state index is -0.497. The van der Waals surface area contributed by atoms with E-state index in [-0.39, 0.29) is 12.5 Å². The molecule has 38 heavy (non-hydrogen) atoms. The minimum Gasteiger partial charge on any atom is -0.459 e. The lowest BCUT2D eigenvalue weighted by molar-refractivity contribution is -0.152. The van der Waals surface area contributed by atoms with Gasteiger partial charge in [-0.2, -0.15) is 0 Å². The Hall–Kier alpha value is -2.50. The molecule has 0 fully saturated rings. The highest BCUT2D eigenvalue weighted by molar-refractivity contribution is 14.1. The number of thiazole rings is 1. The van der Waals surface area contributed by atoms with Crippen molar-refractivity contribution in [3.63, 3.8) is 0 Å². The van der Waals surface area contributed by atoms with Crippen molar-refractivity contribution < 1.29 is 9.53 Å². The second-order valence-corrected chi connectivity index (χ2v) is 13.2. The zero-order valence-electron chi connectivity index (χ0n) is 21.2. The Morgan fingerprint density at radius 1 is 0.842 bits per heavy atom. The molecule has 1 heterocycles. The number of nitrogens with zero attached hydrogens (tertiary/aromatic N) is 1. The van der Waals surface area contributed by atoms with Crippen LogP contribution in [0.3, 0.4) is 0 Å². The maximum Gasteiger partial charge on any atom is 0.325 e. The molecule has 4 aromatic carbocycles. The first-order chi connectivity index (χ1) is 18.2. The molecular formula is C31H26I2N2O2S. The van der Waals surface area contributed by atoms with Crippen LogP contribution in [-0.2, 0) is 9.53 Å². The van der Waals surface area contributed by atoms with E-state index in [1.54, 1.807) is 11.3 Å². The molecule has 4 nitrogen and oxygen atoms in total. The quantitative estimate of drug-likeness (QED) is 0.139. The van der Waals surface area contributed by atoms with Crippen LogP contribution < -0.4 is 5.32 Å². The van der Waals surface area contributed by atoms with E-state index in [1.807, 2.05) is 39.0 Å². The normalized spacial score (nSPS) is 11.5. The summed E-state index contributed by atoms with van der Waals surface area (Å²) < 4.78 is 8.91. The van der Waals surface area contributed by atoms with Gasteiger partial charge in [0.25, 0.3) is 0 Å². The lowest BCUT2D eigenvalue weighted by Crippen LogP contribution is -2.28. The van der Waals surface area contributed by atoms with Crippen molar-refractivity contribution in [1.82, 2.24) is 4.98 Å². The zero-order chi connectivity index (χ0) is 26.9. The summed E-state index contributed by atoms with van der Waals surface area (Å²) in [6, 6.07) is 29.3. The molecule has 0 aliphatic heterocycles. The topological polar surface area (TPSA) is 51.2 Å². The van der Waals surface area contributed by atoms with Gasteiger partial charge in [-0.05, 0) is 107 Å². The van der Waals surface area contributed by atoms with Gasteiger partial charge in [-0.15, -0.1) is 11.3 Å². The number of fused-ring (bicyclic) bond motifs is 1. The fourth-order valence-electron chi connectivity index (χ4n) is 4.25. The predicted octanol–water partition coefficient (Wildman–Crippen LogP) is 9.26. The van der Waals surface area contributed by atoms with Gasteiger partial charge in [-0.3, -0.25) is 4.79 Å². The SMILES string of the molecule is CC(C)(C)OC(=O)CNc1ccc(-c2cccc(I)c2-c2c(I)ccc3sc(-c4ccccc4)nc23)cc1. The Kier molecular flexibility index (Phi) is 8.06.